The van der Waals surface area contributed by atoms with E-state index in [2.05, 4.69) is 191 Å². The number of imidazole rings is 1. The van der Waals surface area contributed by atoms with Gasteiger partial charge in [-0.15, -0.1) is 0 Å². The van der Waals surface area contributed by atoms with E-state index < -0.39 is 0 Å². The molecule has 2 fully saturated rings. The maximum Gasteiger partial charge on any atom is 0.203 e. The Kier molecular flexibility index (Phi) is 18.6. The van der Waals surface area contributed by atoms with Crippen molar-refractivity contribution in [3.63, 3.8) is 0 Å². The molecule has 0 aliphatic carbocycles. The zero-order valence-corrected chi connectivity index (χ0v) is 43.0. The maximum atomic E-state index is 4.50. The van der Waals surface area contributed by atoms with E-state index in [1.54, 1.807) is 0 Å². The third kappa shape index (κ3) is 11.9. The van der Waals surface area contributed by atoms with Crippen LogP contribution in [-0.4, -0.2) is 62.6 Å². The topological polar surface area (TPSA) is 44.9 Å². The molecule has 8 rings (SSSR count). The molecule has 5 aromatic carbocycles. The van der Waals surface area contributed by atoms with Crippen molar-refractivity contribution in [3.8, 4) is 0 Å². The molecule has 6 aromatic rings. The molecular formula is C56H79ClN7-. The Balaban J connectivity index is 0.000000213. The monoisotopic (exact) mass is 885 g/mol. The largest absolute Gasteiger partial charge is 1.00 e. The van der Waals surface area contributed by atoms with Crippen molar-refractivity contribution < 1.29 is 12.4 Å². The van der Waals surface area contributed by atoms with E-state index in [0.29, 0.717) is 17.9 Å². The molecule has 0 atom stereocenters. The number of para-hydroxylation sites is 5. The summed E-state index contributed by atoms with van der Waals surface area (Å²) in [5.41, 5.74) is 20.4. The molecule has 8 heteroatoms. The fourth-order valence-corrected chi connectivity index (χ4v) is 9.42. The number of nitrogens with one attached hydrogen (secondary N) is 1. The van der Waals surface area contributed by atoms with Crippen LogP contribution in [0.3, 0.4) is 0 Å². The molecule has 1 N–H and O–H groups in total. The summed E-state index contributed by atoms with van der Waals surface area (Å²) in [5.74, 6) is 2.02. The van der Waals surface area contributed by atoms with Crippen molar-refractivity contribution in [3.05, 3.63) is 141 Å². The molecule has 2 saturated heterocycles. The minimum Gasteiger partial charge on any atom is -1.00 e. The van der Waals surface area contributed by atoms with Gasteiger partial charge < -0.3 is 41.9 Å². The number of fused-ring (bicyclic) bond motifs is 1. The molecule has 0 bridgehead atoms. The van der Waals surface area contributed by atoms with Gasteiger partial charge in [-0.25, -0.2) is 4.98 Å². The minimum atomic E-state index is 0. The van der Waals surface area contributed by atoms with Crippen molar-refractivity contribution in [2.75, 3.05) is 71.1 Å². The van der Waals surface area contributed by atoms with Gasteiger partial charge in [-0.2, -0.15) is 0 Å². The summed E-state index contributed by atoms with van der Waals surface area (Å²) < 4.78 is 0. The standard InChI is InChI=1S/C24H34N2.C19H24N2.C11H15N3.C2H6.ClH/c1-16(2)21-9-8-10-22(17(3)4)24(21)26-12-11-25(15-26)23-19(6)13-18(5)14-20(23)7;1-14-7-5-8-15(2)18(14)20-11-12-21(13-20)19-16(3)9-6-10-17(19)4;1-8(2)14(3)11-12-9-6-4-5-7-10(9)13-11;1-2;/h8-10,13-14,16-17H,11-12,15H2,1-7H3;5-10H,11-13H2,1-4H3;4-8H,1-3H3,(H,12,13);1-2H3;1H/p-1. The summed E-state index contributed by atoms with van der Waals surface area (Å²) in [7, 11) is 2.04. The number of nitrogens with zero attached hydrogens (tertiary/aromatic N) is 6. The van der Waals surface area contributed by atoms with Gasteiger partial charge in [-0.3, -0.25) is 0 Å². The summed E-state index contributed by atoms with van der Waals surface area (Å²) in [6, 6.07) is 33.2. The first-order chi connectivity index (χ1) is 30.0. The van der Waals surface area contributed by atoms with E-state index in [-0.39, 0.29) is 12.4 Å². The Bertz CT molecular complexity index is 2230. The molecule has 346 valence electrons. The molecule has 7 nitrogen and oxygen atoms in total. The lowest BCUT2D eigenvalue weighted by atomic mass is 9.92. The fourth-order valence-electron chi connectivity index (χ4n) is 9.42. The van der Waals surface area contributed by atoms with Gasteiger partial charge in [-0.1, -0.05) is 126 Å². The van der Waals surface area contributed by atoms with Crippen LogP contribution >= 0.6 is 0 Å². The molecule has 2 aliphatic rings. The zero-order chi connectivity index (χ0) is 46.1. The number of halogens is 1. The zero-order valence-electron chi connectivity index (χ0n) is 42.2. The maximum absolute atomic E-state index is 4.50. The highest BCUT2D eigenvalue weighted by Crippen LogP contribution is 2.38. The summed E-state index contributed by atoms with van der Waals surface area (Å²) in [6.45, 7) is 39.4. The first kappa shape index (κ1) is 51.5. The first-order valence-electron chi connectivity index (χ1n) is 23.6. The van der Waals surface area contributed by atoms with Crippen LogP contribution in [-0.2, 0) is 0 Å². The third-order valence-electron chi connectivity index (χ3n) is 12.6. The Morgan fingerprint density at radius 2 is 0.875 bits per heavy atom. The van der Waals surface area contributed by atoms with E-state index in [9.17, 15) is 0 Å². The molecule has 0 spiro atoms. The van der Waals surface area contributed by atoms with E-state index in [4.69, 9.17) is 0 Å². The normalized spacial score (nSPS) is 13.4. The van der Waals surface area contributed by atoms with Gasteiger partial charge in [-0.05, 0) is 131 Å². The van der Waals surface area contributed by atoms with Gasteiger partial charge in [0, 0.05) is 62.0 Å². The van der Waals surface area contributed by atoms with Crippen LogP contribution in [0, 0.1) is 48.5 Å². The van der Waals surface area contributed by atoms with E-state index in [0.717, 1.165) is 56.5 Å². The predicted molar refractivity (Wildman–Crippen MR) is 277 cm³/mol. The van der Waals surface area contributed by atoms with Crippen molar-refractivity contribution in [1.82, 2.24) is 9.97 Å². The van der Waals surface area contributed by atoms with Crippen LogP contribution in [0.4, 0.5) is 28.7 Å². The van der Waals surface area contributed by atoms with Crippen molar-refractivity contribution in [2.24, 2.45) is 0 Å². The van der Waals surface area contributed by atoms with Crippen molar-refractivity contribution in [1.29, 1.82) is 0 Å². The van der Waals surface area contributed by atoms with Gasteiger partial charge in [0.25, 0.3) is 0 Å². The van der Waals surface area contributed by atoms with Crippen LogP contribution < -0.4 is 36.9 Å². The average molecular weight is 886 g/mol. The van der Waals surface area contributed by atoms with Crippen LogP contribution in [0.25, 0.3) is 11.0 Å². The lowest BCUT2D eigenvalue weighted by Gasteiger charge is -2.29. The second-order valence-corrected chi connectivity index (χ2v) is 18.4. The predicted octanol–water partition coefficient (Wildman–Crippen LogP) is 10.8. The molecule has 1 aromatic heterocycles. The van der Waals surface area contributed by atoms with Crippen molar-refractivity contribution >= 4 is 39.7 Å². The number of aryl methyl sites for hydroxylation is 7. The molecule has 3 heterocycles. The van der Waals surface area contributed by atoms with Gasteiger partial charge in [0.15, 0.2) is 0 Å². The summed E-state index contributed by atoms with van der Waals surface area (Å²) >= 11 is 0. The summed E-state index contributed by atoms with van der Waals surface area (Å²) in [5, 5.41) is 0. The Morgan fingerprint density at radius 3 is 1.27 bits per heavy atom. The number of H-pyrrole nitrogens is 1. The number of aromatic nitrogens is 2. The molecule has 0 radical (unpaired) electrons. The summed E-state index contributed by atoms with van der Waals surface area (Å²) in [6.07, 6.45) is 0. The summed E-state index contributed by atoms with van der Waals surface area (Å²) in [4.78, 5) is 20.1. The highest BCUT2D eigenvalue weighted by atomic mass is 35.5. The SMILES string of the molecule is CC.CC(C)N(C)c1nc2ccccc2[nH]1.Cc1cc(C)c(N2CCN(c3c(C(C)C)cccc3C(C)C)C2)c(C)c1.Cc1cccc(C)c1N1CCN(c2c(C)cccc2C)C1.[Cl-]. The fraction of sp³-hybridized carbons (Fsp3) is 0.446. The lowest BCUT2D eigenvalue weighted by Crippen LogP contribution is -3.00. The van der Waals surface area contributed by atoms with Crippen LogP contribution in [0.2, 0.25) is 0 Å². The Labute approximate surface area is 394 Å². The smallest absolute Gasteiger partial charge is 0.203 e. The van der Waals surface area contributed by atoms with Gasteiger partial charge >= 0.3 is 0 Å². The quantitative estimate of drug-likeness (QED) is 0.164. The number of anilines is 5. The third-order valence-corrected chi connectivity index (χ3v) is 12.6. The molecule has 64 heavy (non-hydrogen) atoms. The highest BCUT2D eigenvalue weighted by Gasteiger charge is 2.28. The second-order valence-electron chi connectivity index (χ2n) is 18.4. The number of hydrogen-bond acceptors (Lipinski definition) is 6. The molecule has 0 saturated carbocycles. The van der Waals surface area contributed by atoms with Crippen molar-refractivity contribution in [2.45, 2.75) is 122 Å². The minimum absolute atomic E-state index is 0. The van der Waals surface area contributed by atoms with Gasteiger partial charge in [0.1, 0.15) is 0 Å². The number of hydrogen-bond donors (Lipinski definition) is 1. The van der Waals surface area contributed by atoms with Gasteiger partial charge in [0.2, 0.25) is 5.95 Å². The molecule has 0 unspecified atom stereocenters. The van der Waals surface area contributed by atoms with Crippen LogP contribution in [0.1, 0.15) is 117 Å². The highest BCUT2D eigenvalue weighted by molar-refractivity contribution is 5.77. The molecule has 0 amide bonds. The van der Waals surface area contributed by atoms with Crippen LogP contribution in [0.5, 0.6) is 0 Å². The van der Waals surface area contributed by atoms with Crippen LogP contribution in [0.15, 0.2) is 91.0 Å². The second kappa shape index (κ2) is 23.2. The molecule has 2 aliphatic heterocycles. The van der Waals surface area contributed by atoms with Gasteiger partial charge in [0.05, 0.1) is 24.4 Å². The Hall–Kier alpha value is -5.14. The van der Waals surface area contributed by atoms with E-state index in [1.165, 1.54) is 72.8 Å². The lowest BCUT2D eigenvalue weighted by molar-refractivity contribution is -0.0000138. The number of rotatable bonds is 8. The Morgan fingerprint density at radius 1 is 0.500 bits per heavy atom. The van der Waals surface area contributed by atoms with E-state index in [1.807, 2.05) is 45.2 Å². The van der Waals surface area contributed by atoms with E-state index >= 15 is 0 Å². The average Bonchev–Trinajstić information content (AvgIpc) is 4.02. The number of benzene rings is 5. The molecular weight excluding hydrogens is 806 g/mol. The first-order valence-corrected chi connectivity index (χ1v) is 23.6. The number of aromatic amines is 1.